The summed E-state index contributed by atoms with van der Waals surface area (Å²) >= 11 is 0. The van der Waals surface area contributed by atoms with E-state index in [0.717, 1.165) is 16.8 Å². The monoisotopic (exact) mass is 382 g/mol. The fraction of sp³-hybridized carbons (Fsp3) is 0.333. The lowest BCUT2D eigenvalue weighted by atomic mass is 10.0. The lowest BCUT2D eigenvalue weighted by Gasteiger charge is -2.19. The van der Waals surface area contributed by atoms with Crippen LogP contribution in [0.2, 0.25) is 0 Å². The molecule has 0 radical (unpaired) electrons. The van der Waals surface area contributed by atoms with E-state index in [0.29, 0.717) is 12.2 Å². The zero-order chi connectivity index (χ0) is 20.1. The van der Waals surface area contributed by atoms with Gasteiger partial charge in [0.05, 0.1) is 18.4 Å². The molecular formula is C21H22N2O5. The maximum absolute atomic E-state index is 12.7. The molecule has 1 amide bonds. The Balaban J connectivity index is 1.72. The van der Waals surface area contributed by atoms with Crippen molar-refractivity contribution in [1.29, 1.82) is 0 Å². The van der Waals surface area contributed by atoms with Crippen LogP contribution in [0.5, 0.6) is 0 Å². The van der Waals surface area contributed by atoms with Crippen molar-refractivity contribution >= 4 is 23.4 Å². The van der Waals surface area contributed by atoms with E-state index < -0.39 is 24.5 Å². The maximum atomic E-state index is 12.7. The summed E-state index contributed by atoms with van der Waals surface area (Å²) in [6.45, 7) is 2.97. The van der Waals surface area contributed by atoms with Gasteiger partial charge in [0.15, 0.2) is 6.61 Å². The topological polar surface area (TPSA) is 89.2 Å². The van der Waals surface area contributed by atoms with E-state index >= 15 is 0 Å². The SMILES string of the molecule is CC(=O)CCC(=O)OCC(=O)N1N=C(c2ccc(C)cc2)C[C@H]1c1ccco1. The second-order valence-electron chi connectivity index (χ2n) is 6.75. The number of carbonyl (C=O) groups excluding carboxylic acids is 3. The summed E-state index contributed by atoms with van der Waals surface area (Å²) in [5.41, 5.74) is 2.82. The van der Waals surface area contributed by atoms with E-state index in [1.165, 1.54) is 11.9 Å². The molecule has 0 aliphatic carbocycles. The van der Waals surface area contributed by atoms with Gasteiger partial charge in [0, 0.05) is 12.8 Å². The van der Waals surface area contributed by atoms with Crippen molar-refractivity contribution < 1.29 is 23.5 Å². The number of esters is 1. The number of rotatable bonds is 7. The Bertz CT molecular complexity index is 884. The highest BCUT2D eigenvalue weighted by Crippen LogP contribution is 2.33. The second-order valence-corrected chi connectivity index (χ2v) is 6.75. The number of hydrazone groups is 1. The minimum atomic E-state index is -0.583. The Labute approximate surface area is 163 Å². The number of nitrogens with zero attached hydrogens (tertiary/aromatic N) is 2. The zero-order valence-electron chi connectivity index (χ0n) is 15.9. The molecular weight excluding hydrogens is 360 g/mol. The van der Waals surface area contributed by atoms with Gasteiger partial charge in [-0.15, -0.1) is 0 Å². The van der Waals surface area contributed by atoms with Crippen LogP contribution in [0, 0.1) is 6.92 Å². The largest absolute Gasteiger partial charge is 0.467 e. The van der Waals surface area contributed by atoms with Gasteiger partial charge in [0.1, 0.15) is 17.6 Å². The number of Topliss-reactive ketones (excluding diaryl/α,β-unsaturated/α-hetero) is 1. The zero-order valence-corrected chi connectivity index (χ0v) is 15.9. The van der Waals surface area contributed by atoms with Crippen molar-refractivity contribution in [3.05, 3.63) is 59.5 Å². The molecule has 146 valence electrons. The highest BCUT2D eigenvalue weighted by atomic mass is 16.5. The molecule has 0 fully saturated rings. The van der Waals surface area contributed by atoms with Gasteiger partial charge in [-0.25, -0.2) is 5.01 Å². The quantitative estimate of drug-likeness (QED) is 0.686. The number of benzene rings is 1. The second kappa shape index (κ2) is 8.65. The van der Waals surface area contributed by atoms with Crippen LogP contribution < -0.4 is 0 Å². The van der Waals surface area contributed by atoms with Gasteiger partial charge < -0.3 is 13.9 Å². The summed E-state index contributed by atoms with van der Waals surface area (Å²) in [5.74, 6) is -0.519. The van der Waals surface area contributed by atoms with E-state index in [-0.39, 0.29) is 18.6 Å². The fourth-order valence-corrected chi connectivity index (χ4v) is 2.92. The predicted octanol–water partition coefficient (Wildman–Crippen LogP) is 3.18. The molecule has 1 aliphatic rings. The molecule has 2 heterocycles. The highest BCUT2D eigenvalue weighted by molar-refractivity contribution is 6.03. The van der Waals surface area contributed by atoms with Crippen molar-refractivity contribution in [2.45, 2.75) is 39.2 Å². The van der Waals surface area contributed by atoms with E-state index in [1.54, 1.807) is 18.4 Å². The van der Waals surface area contributed by atoms with Crippen LogP contribution in [-0.4, -0.2) is 35.0 Å². The first-order valence-electron chi connectivity index (χ1n) is 9.09. The smallest absolute Gasteiger partial charge is 0.306 e. The average Bonchev–Trinajstić information content (AvgIpc) is 3.34. The summed E-state index contributed by atoms with van der Waals surface area (Å²) in [5, 5.41) is 5.78. The molecule has 0 saturated heterocycles. The van der Waals surface area contributed by atoms with Gasteiger partial charge in [-0.1, -0.05) is 29.8 Å². The Kier molecular flexibility index (Phi) is 6.03. The summed E-state index contributed by atoms with van der Waals surface area (Å²) in [7, 11) is 0. The first-order chi connectivity index (χ1) is 13.4. The van der Waals surface area contributed by atoms with Crippen molar-refractivity contribution in [2.24, 2.45) is 5.10 Å². The lowest BCUT2D eigenvalue weighted by molar-refractivity contribution is -0.153. The van der Waals surface area contributed by atoms with Crippen LogP contribution in [0.1, 0.15) is 49.1 Å². The molecule has 3 rings (SSSR count). The number of amides is 1. The van der Waals surface area contributed by atoms with E-state index in [1.807, 2.05) is 31.2 Å². The van der Waals surface area contributed by atoms with Crippen LogP contribution >= 0.6 is 0 Å². The molecule has 1 aliphatic heterocycles. The predicted molar refractivity (Wildman–Crippen MR) is 102 cm³/mol. The van der Waals surface area contributed by atoms with Crippen LogP contribution in [0.25, 0.3) is 0 Å². The molecule has 0 spiro atoms. The number of furan rings is 1. The molecule has 1 atom stereocenters. The average molecular weight is 382 g/mol. The molecule has 0 bridgehead atoms. The molecule has 0 N–H and O–H groups in total. The Morgan fingerprint density at radius 2 is 1.93 bits per heavy atom. The van der Waals surface area contributed by atoms with Gasteiger partial charge in [-0.05, 0) is 31.5 Å². The third-order valence-electron chi connectivity index (χ3n) is 4.46. The van der Waals surface area contributed by atoms with Crippen molar-refractivity contribution in [3.63, 3.8) is 0 Å². The third-order valence-corrected chi connectivity index (χ3v) is 4.46. The Morgan fingerprint density at radius 3 is 2.57 bits per heavy atom. The minimum Gasteiger partial charge on any atom is -0.467 e. The lowest BCUT2D eigenvalue weighted by Crippen LogP contribution is -2.31. The van der Waals surface area contributed by atoms with Gasteiger partial charge in [0.25, 0.3) is 5.91 Å². The van der Waals surface area contributed by atoms with Gasteiger partial charge >= 0.3 is 5.97 Å². The normalized spacial score (nSPS) is 16.0. The van der Waals surface area contributed by atoms with Gasteiger partial charge in [-0.2, -0.15) is 5.10 Å². The number of ketones is 1. The Hall–Kier alpha value is -3.22. The number of carbonyl (C=O) groups is 3. The molecule has 1 aromatic heterocycles. The molecule has 0 saturated carbocycles. The molecule has 2 aromatic rings. The van der Waals surface area contributed by atoms with E-state index in [2.05, 4.69) is 5.10 Å². The summed E-state index contributed by atoms with van der Waals surface area (Å²) in [6.07, 6.45) is 2.10. The molecule has 7 nitrogen and oxygen atoms in total. The standard InChI is InChI=1S/C21H22N2O5/c1-14-5-8-16(9-6-14)17-12-18(19-4-3-11-27-19)23(22-17)20(25)13-28-21(26)10-7-15(2)24/h3-6,8-9,11,18H,7,10,12-13H2,1-2H3/t18-/m0/s1. The van der Waals surface area contributed by atoms with Crippen molar-refractivity contribution in [1.82, 2.24) is 5.01 Å². The molecule has 7 heteroatoms. The van der Waals surface area contributed by atoms with Gasteiger partial charge in [-0.3, -0.25) is 9.59 Å². The fourth-order valence-electron chi connectivity index (χ4n) is 2.92. The van der Waals surface area contributed by atoms with Crippen LogP contribution in [-0.2, 0) is 19.1 Å². The van der Waals surface area contributed by atoms with Gasteiger partial charge in [0.2, 0.25) is 0 Å². The van der Waals surface area contributed by atoms with Crippen molar-refractivity contribution in [2.75, 3.05) is 6.61 Å². The summed E-state index contributed by atoms with van der Waals surface area (Å²) in [6, 6.07) is 11.0. The van der Waals surface area contributed by atoms with Crippen molar-refractivity contribution in [3.8, 4) is 0 Å². The number of aryl methyl sites for hydroxylation is 1. The number of hydrogen-bond acceptors (Lipinski definition) is 6. The third kappa shape index (κ3) is 4.73. The summed E-state index contributed by atoms with van der Waals surface area (Å²) < 4.78 is 10.5. The maximum Gasteiger partial charge on any atom is 0.306 e. The van der Waals surface area contributed by atoms with E-state index in [4.69, 9.17) is 9.15 Å². The number of ether oxygens (including phenoxy) is 1. The van der Waals surface area contributed by atoms with Crippen LogP contribution in [0.4, 0.5) is 0 Å². The number of hydrogen-bond donors (Lipinski definition) is 0. The highest BCUT2D eigenvalue weighted by Gasteiger charge is 2.35. The molecule has 28 heavy (non-hydrogen) atoms. The minimum absolute atomic E-state index is 0.0396. The van der Waals surface area contributed by atoms with Crippen LogP contribution in [0.15, 0.2) is 52.2 Å². The van der Waals surface area contributed by atoms with E-state index in [9.17, 15) is 14.4 Å². The summed E-state index contributed by atoms with van der Waals surface area (Å²) in [4.78, 5) is 35.3. The first-order valence-corrected chi connectivity index (χ1v) is 9.09. The van der Waals surface area contributed by atoms with Crippen LogP contribution in [0.3, 0.4) is 0 Å². The molecule has 0 unspecified atom stereocenters. The molecule has 1 aromatic carbocycles. The first kappa shape index (κ1) is 19.5. The Morgan fingerprint density at radius 1 is 1.18 bits per heavy atom.